The summed E-state index contributed by atoms with van der Waals surface area (Å²) in [5, 5.41) is 5.74. The number of urea groups is 1. The van der Waals surface area contributed by atoms with Crippen molar-refractivity contribution in [3.63, 3.8) is 0 Å². The zero-order chi connectivity index (χ0) is 15.4. The summed E-state index contributed by atoms with van der Waals surface area (Å²) in [7, 11) is 0. The third kappa shape index (κ3) is 3.62. The fourth-order valence-electron chi connectivity index (χ4n) is 2.47. The molecule has 2 heterocycles. The van der Waals surface area contributed by atoms with Gasteiger partial charge in [0.05, 0.1) is 12.6 Å². The quantitative estimate of drug-likeness (QED) is 0.915. The lowest BCUT2D eigenvalue weighted by atomic mass is 10.1. The van der Waals surface area contributed by atoms with Crippen LogP contribution in [0.1, 0.15) is 12.1 Å². The molecular formula is C17H19N3O2. The van der Waals surface area contributed by atoms with Gasteiger partial charge in [0.2, 0.25) is 0 Å². The molecule has 1 aromatic carbocycles. The second-order valence-electron chi connectivity index (χ2n) is 5.42. The average molecular weight is 297 g/mol. The number of nitrogens with one attached hydrogen (secondary N) is 2. The molecule has 0 aliphatic carbocycles. The van der Waals surface area contributed by atoms with E-state index in [1.54, 1.807) is 6.20 Å². The van der Waals surface area contributed by atoms with Gasteiger partial charge in [-0.3, -0.25) is 4.98 Å². The van der Waals surface area contributed by atoms with Crippen LogP contribution in [0.2, 0.25) is 0 Å². The van der Waals surface area contributed by atoms with Gasteiger partial charge in [0.15, 0.2) is 0 Å². The first kappa shape index (κ1) is 14.5. The topological polar surface area (TPSA) is 63.2 Å². The molecule has 1 unspecified atom stereocenters. The van der Waals surface area contributed by atoms with Crippen LogP contribution in [0.3, 0.4) is 0 Å². The number of aryl methyl sites for hydroxylation is 1. The molecule has 0 saturated carbocycles. The Bertz CT molecular complexity index is 649. The summed E-state index contributed by atoms with van der Waals surface area (Å²) in [5.74, 6) is 0. The minimum Gasteiger partial charge on any atom is -0.379 e. The molecule has 0 spiro atoms. The summed E-state index contributed by atoms with van der Waals surface area (Å²) >= 11 is 0. The van der Waals surface area contributed by atoms with Gasteiger partial charge in [-0.2, -0.15) is 0 Å². The summed E-state index contributed by atoms with van der Waals surface area (Å²) in [6.07, 6.45) is 2.67. The van der Waals surface area contributed by atoms with Crippen molar-refractivity contribution in [1.29, 1.82) is 0 Å². The molecule has 1 aliphatic heterocycles. The maximum Gasteiger partial charge on any atom is 0.319 e. The number of ether oxygens (including phenoxy) is 1. The SMILES string of the molecule is Cc1cc(-c2ccc(NC(=O)NC3CCOC3)cc2)ccn1. The van der Waals surface area contributed by atoms with E-state index in [4.69, 9.17) is 4.74 Å². The molecule has 1 fully saturated rings. The van der Waals surface area contributed by atoms with E-state index in [1.807, 2.05) is 43.3 Å². The highest BCUT2D eigenvalue weighted by molar-refractivity contribution is 5.89. The third-order valence-electron chi connectivity index (χ3n) is 3.64. The molecule has 2 N–H and O–H groups in total. The first-order chi connectivity index (χ1) is 10.7. The van der Waals surface area contributed by atoms with E-state index in [-0.39, 0.29) is 12.1 Å². The minimum absolute atomic E-state index is 0.110. The molecule has 1 aromatic heterocycles. The van der Waals surface area contributed by atoms with Gasteiger partial charge in [-0.25, -0.2) is 4.79 Å². The molecule has 2 amide bonds. The maximum absolute atomic E-state index is 11.9. The van der Waals surface area contributed by atoms with Crippen LogP contribution in [0.15, 0.2) is 42.6 Å². The number of hydrogen-bond donors (Lipinski definition) is 2. The zero-order valence-corrected chi connectivity index (χ0v) is 12.5. The first-order valence-electron chi connectivity index (χ1n) is 7.39. The van der Waals surface area contributed by atoms with Crippen LogP contribution in [0, 0.1) is 6.92 Å². The summed E-state index contributed by atoms with van der Waals surface area (Å²) in [5.41, 5.74) is 3.97. The van der Waals surface area contributed by atoms with E-state index in [0.717, 1.165) is 28.9 Å². The van der Waals surface area contributed by atoms with Crippen LogP contribution in [-0.4, -0.2) is 30.3 Å². The van der Waals surface area contributed by atoms with Crippen molar-refractivity contribution < 1.29 is 9.53 Å². The molecular weight excluding hydrogens is 278 g/mol. The van der Waals surface area contributed by atoms with Gasteiger partial charge >= 0.3 is 6.03 Å². The van der Waals surface area contributed by atoms with E-state index < -0.39 is 0 Å². The molecule has 1 atom stereocenters. The summed E-state index contributed by atoms with van der Waals surface area (Å²) < 4.78 is 5.23. The summed E-state index contributed by atoms with van der Waals surface area (Å²) in [6.45, 7) is 3.27. The zero-order valence-electron chi connectivity index (χ0n) is 12.5. The van der Waals surface area contributed by atoms with Gasteiger partial charge in [0.1, 0.15) is 0 Å². The molecule has 114 valence electrons. The standard InChI is InChI=1S/C17H19N3O2/c1-12-10-14(6-8-18-12)13-2-4-15(5-3-13)19-17(21)20-16-7-9-22-11-16/h2-6,8,10,16H,7,9,11H2,1H3,(H2,19,20,21). The lowest BCUT2D eigenvalue weighted by Gasteiger charge is -2.12. The van der Waals surface area contributed by atoms with Crippen LogP contribution in [0.5, 0.6) is 0 Å². The highest BCUT2D eigenvalue weighted by Gasteiger charge is 2.17. The molecule has 5 nitrogen and oxygen atoms in total. The number of amides is 2. The molecule has 1 saturated heterocycles. The predicted molar refractivity (Wildman–Crippen MR) is 85.8 cm³/mol. The van der Waals surface area contributed by atoms with Crippen LogP contribution in [0.25, 0.3) is 11.1 Å². The number of benzene rings is 1. The van der Waals surface area contributed by atoms with Crippen molar-refractivity contribution in [2.45, 2.75) is 19.4 Å². The molecule has 0 radical (unpaired) electrons. The molecule has 3 rings (SSSR count). The van der Waals surface area contributed by atoms with E-state index in [0.29, 0.717) is 13.2 Å². The Morgan fingerprint density at radius 3 is 2.73 bits per heavy atom. The van der Waals surface area contributed by atoms with E-state index >= 15 is 0 Å². The van der Waals surface area contributed by atoms with Crippen molar-refractivity contribution in [3.8, 4) is 11.1 Å². The molecule has 1 aliphatic rings. The van der Waals surface area contributed by atoms with Crippen LogP contribution >= 0.6 is 0 Å². The summed E-state index contributed by atoms with van der Waals surface area (Å²) in [4.78, 5) is 16.1. The number of aromatic nitrogens is 1. The number of hydrogen-bond acceptors (Lipinski definition) is 3. The lowest BCUT2D eigenvalue weighted by molar-refractivity contribution is 0.189. The van der Waals surface area contributed by atoms with Crippen molar-refractivity contribution >= 4 is 11.7 Å². The van der Waals surface area contributed by atoms with Crippen LogP contribution in [0.4, 0.5) is 10.5 Å². The Balaban J connectivity index is 1.62. The molecule has 2 aromatic rings. The van der Waals surface area contributed by atoms with Gasteiger partial charge in [-0.1, -0.05) is 12.1 Å². The summed E-state index contributed by atoms with van der Waals surface area (Å²) in [6, 6.07) is 11.7. The van der Waals surface area contributed by atoms with Gasteiger partial charge < -0.3 is 15.4 Å². The largest absolute Gasteiger partial charge is 0.379 e. The first-order valence-corrected chi connectivity index (χ1v) is 7.39. The molecule has 22 heavy (non-hydrogen) atoms. The van der Waals surface area contributed by atoms with Gasteiger partial charge in [0, 0.05) is 24.2 Å². The Morgan fingerprint density at radius 2 is 2.05 bits per heavy atom. The number of anilines is 1. The predicted octanol–water partition coefficient (Wildman–Crippen LogP) is 2.97. The van der Waals surface area contributed by atoms with Crippen molar-refractivity contribution in [1.82, 2.24) is 10.3 Å². The fourth-order valence-corrected chi connectivity index (χ4v) is 2.47. The second kappa shape index (κ2) is 6.58. The Hall–Kier alpha value is -2.40. The number of carbonyl (C=O) groups excluding carboxylic acids is 1. The smallest absolute Gasteiger partial charge is 0.319 e. The van der Waals surface area contributed by atoms with Gasteiger partial charge in [-0.05, 0) is 48.7 Å². The van der Waals surface area contributed by atoms with Crippen molar-refractivity contribution in [2.75, 3.05) is 18.5 Å². The highest BCUT2D eigenvalue weighted by atomic mass is 16.5. The van der Waals surface area contributed by atoms with E-state index in [9.17, 15) is 4.79 Å². The number of pyridine rings is 1. The number of rotatable bonds is 3. The minimum atomic E-state index is -0.192. The lowest BCUT2D eigenvalue weighted by Crippen LogP contribution is -2.38. The monoisotopic (exact) mass is 297 g/mol. The van der Waals surface area contributed by atoms with Crippen LogP contribution in [-0.2, 0) is 4.74 Å². The molecule has 5 heteroatoms. The van der Waals surface area contributed by atoms with E-state index in [2.05, 4.69) is 15.6 Å². The number of carbonyl (C=O) groups is 1. The Morgan fingerprint density at radius 1 is 1.23 bits per heavy atom. The Labute approximate surface area is 129 Å². The number of nitrogens with zero attached hydrogens (tertiary/aromatic N) is 1. The van der Waals surface area contributed by atoms with Crippen molar-refractivity contribution in [3.05, 3.63) is 48.3 Å². The van der Waals surface area contributed by atoms with Crippen LogP contribution < -0.4 is 10.6 Å². The fraction of sp³-hybridized carbons (Fsp3) is 0.294. The highest BCUT2D eigenvalue weighted by Crippen LogP contribution is 2.21. The van der Waals surface area contributed by atoms with Crippen molar-refractivity contribution in [2.24, 2.45) is 0 Å². The van der Waals surface area contributed by atoms with Gasteiger partial charge in [0.25, 0.3) is 0 Å². The maximum atomic E-state index is 11.9. The molecule has 0 bridgehead atoms. The third-order valence-corrected chi connectivity index (χ3v) is 3.64. The normalized spacial score (nSPS) is 17.2. The average Bonchev–Trinajstić information content (AvgIpc) is 3.01. The Kier molecular flexibility index (Phi) is 4.34. The van der Waals surface area contributed by atoms with Gasteiger partial charge in [-0.15, -0.1) is 0 Å². The van der Waals surface area contributed by atoms with E-state index in [1.165, 1.54) is 0 Å². The second-order valence-corrected chi connectivity index (χ2v) is 5.42.